The van der Waals surface area contributed by atoms with Crippen molar-refractivity contribution >= 4 is 29.3 Å². The molecule has 3 aromatic rings. The smallest absolute Gasteiger partial charge is 0.410 e. The maximum absolute atomic E-state index is 12.3. The number of amides is 2. The molecule has 0 atom stereocenters. The fraction of sp³-hybridized carbons (Fsp3) is 0.480. The van der Waals surface area contributed by atoms with Crippen LogP contribution in [0.2, 0.25) is 0 Å². The number of likely N-dealkylation sites (tertiary alicyclic amines) is 1. The number of fused-ring (bicyclic) bond motifs is 1. The SMILES string of the molecule is CNC(=O)c1ccc(Nc2nc3ccnc(CCC4CCN(C(=O)OC(C)(C)C)CC4)n3n2)cc1. The Morgan fingerprint density at radius 1 is 1.11 bits per heavy atom. The van der Waals surface area contributed by atoms with E-state index >= 15 is 0 Å². The zero-order valence-electron chi connectivity index (χ0n) is 20.7. The fourth-order valence-electron chi connectivity index (χ4n) is 4.13. The van der Waals surface area contributed by atoms with Gasteiger partial charge in [0.15, 0.2) is 5.65 Å². The summed E-state index contributed by atoms with van der Waals surface area (Å²) in [6.45, 7) is 7.10. The summed E-state index contributed by atoms with van der Waals surface area (Å²) in [4.78, 5) is 34.9. The van der Waals surface area contributed by atoms with Crippen LogP contribution >= 0.6 is 0 Å². The molecule has 2 aromatic heterocycles. The fourth-order valence-corrected chi connectivity index (χ4v) is 4.13. The molecular weight excluding hydrogens is 446 g/mol. The Morgan fingerprint density at radius 3 is 2.49 bits per heavy atom. The van der Waals surface area contributed by atoms with Crippen LogP contribution in [0.15, 0.2) is 36.5 Å². The third-order valence-electron chi connectivity index (χ3n) is 6.00. The Kier molecular flexibility index (Phi) is 7.18. The molecule has 4 rings (SSSR count). The third kappa shape index (κ3) is 6.26. The van der Waals surface area contributed by atoms with Crippen LogP contribution in [0.1, 0.15) is 56.2 Å². The standard InChI is InChI=1S/C25H33N7O3/c1-25(2,3)35-24(34)31-15-12-17(13-16-31)5-10-20-27-14-11-21-29-23(30-32(20)21)28-19-8-6-18(7-9-19)22(33)26-4/h6-9,11,14,17H,5,10,12-13,15-16H2,1-4H3,(H,26,33)(H,28,30). The maximum Gasteiger partial charge on any atom is 0.410 e. The van der Waals surface area contributed by atoms with Gasteiger partial charge in [-0.3, -0.25) is 4.79 Å². The summed E-state index contributed by atoms with van der Waals surface area (Å²) < 4.78 is 7.27. The van der Waals surface area contributed by atoms with Crippen molar-refractivity contribution in [2.45, 2.75) is 52.1 Å². The number of aryl methyl sites for hydroxylation is 1. The maximum atomic E-state index is 12.3. The van der Waals surface area contributed by atoms with Crippen LogP contribution in [0.3, 0.4) is 0 Å². The molecule has 1 fully saturated rings. The highest BCUT2D eigenvalue weighted by atomic mass is 16.6. The summed E-state index contributed by atoms with van der Waals surface area (Å²) in [5.74, 6) is 1.71. The van der Waals surface area contributed by atoms with Crippen LogP contribution in [0.4, 0.5) is 16.4 Å². The molecular formula is C25H33N7O3. The van der Waals surface area contributed by atoms with Gasteiger partial charge in [0, 0.05) is 50.1 Å². The number of carbonyl (C=O) groups is 2. The Labute approximate surface area is 205 Å². The molecule has 0 radical (unpaired) electrons. The molecule has 10 heteroatoms. The number of hydrogen-bond donors (Lipinski definition) is 2. The summed E-state index contributed by atoms with van der Waals surface area (Å²) in [5.41, 5.74) is 1.63. The number of hydrogen-bond acceptors (Lipinski definition) is 7. The first kappa shape index (κ1) is 24.4. The van der Waals surface area contributed by atoms with E-state index in [1.807, 2.05) is 39.0 Å². The quantitative estimate of drug-likeness (QED) is 0.553. The van der Waals surface area contributed by atoms with Crippen molar-refractivity contribution in [3.05, 3.63) is 47.9 Å². The van der Waals surface area contributed by atoms with Crippen LogP contribution in [0, 0.1) is 5.92 Å². The third-order valence-corrected chi connectivity index (χ3v) is 6.00. The molecule has 1 aromatic carbocycles. The highest BCUT2D eigenvalue weighted by molar-refractivity contribution is 5.94. The second kappa shape index (κ2) is 10.3. The first-order chi connectivity index (χ1) is 16.7. The molecule has 0 bridgehead atoms. The molecule has 3 heterocycles. The molecule has 10 nitrogen and oxygen atoms in total. The summed E-state index contributed by atoms with van der Waals surface area (Å²) in [6.07, 6.45) is 5.17. The number of piperidine rings is 1. The Morgan fingerprint density at radius 2 is 1.83 bits per heavy atom. The Bertz CT molecular complexity index is 1180. The van der Waals surface area contributed by atoms with Crippen molar-refractivity contribution in [2.75, 3.05) is 25.5 Å². The van der Waals surface area contributed by atoms with Crippen molar-refractivity contribution in [2.24, 2.45) is 5.92 Å². The molecule has 1 aliphatic heterocycles. The minimum Gasteiger partial charge on any atom is -0.444 e. The Balaban J connectivity index is 1.34. The summed E-state index contributed by atoms with van der Waals surface area (Å²) in [6, 6.07) is 8.96. The van der Waals surface area contributed by atoms with E-state index in [0.29, 0.717) is 30.5 Å². The predicted octanol–water partition coefficient (Wildman–Crippen LogP) is 3.81. The normalized spacial score (nSPS) is 14.7. The van der Waals surface area contributed by atoms with E-state index < -0.39 is 5.60 Å². The lowest BCUT2D eigenvalue weighted by molar-refractivity contribution is 0.0181. The van der Waals surface area contributed by atoms with Gasteiger partial charge >= 0.3 is 6.09 Å². The van der Waals surface area contributed by atoms with Gasteiger partial charge in [-0.25, -0.2) is 9.78 Å². The molecule has 0 unspecified atom stereocenters. The highest BCUT2D eigenvalue weighted by Crippen LogP contribution is 2.24. The van der Waals surface area contributed by atoms with E-state index in [-0.39, 0.29) is 12.0 Å². The molecule has 0 aliphatic carbocycles. The zero-order chi connectivity index (χ0) is 25.0. The molecule has 35 heavy (non-hydrogen) atoms. The minimum atomic E-state index is -0.473. The van der Waals surface area contributed by atoms with Crippen molar-refractivity contribution in [1.29, 1.82) is 0 Å². The van der Waals surface area contributed by atoms with Crippen molar-refractivity contribution < 1.29 is 14.3 Å². The van der Waals surface area contributed by atoms with Crippen LogP contribution in [-0.4, -0.2) is 62.2 Å². The largest absolute Gasteiger partial charge is 0.444 e. The lowest BCUT2D eigenvalue weighted by Gasteiger charge is -2.33. The van der Waals surface area contributed by atoms with E-state index in [0.717, 1.165) is 42.8 Å². The predicted molar refractivity (Wildman–Crippen MR) is 133 cm³/mol. The number of nitrogens with one attached hydrogen (secondary N) is 2. The summed E-state index contributed by atoms with van der Waals surface area (Å²) >= 11 is 0. The van der Waals surface area contributed by atoms with Crippen LogP contribution < -0.4 is 10.6 Å². The number of carbonyl (C=O) groups excluding carboxylic acids is 2. The van der Waals surface area contributed by atoms with Gasteiger partial charge < -0.3 is 20.3 Å². The lowest BCUT2D eigenvalue weighted by Crippen LogP contribution is -2.41. The van der Waals surface area contributed by atoms with Gasteiger partial charge in [0.05, 0.1) is 0 Å². The highest BCUT2D eigenvalue weighted by Gasteiger charge is 2.27. The van der Waals surface area contributed by atoms with E-state index in [4.69, 9.17) is 4.74 Å². The molecule has 1 saturated heterocycles. The number of anilines is 2. The lowest BCUT2D eigenvalue weighted by atomic mass is 9.92. The first-order valence-corrected chi connectivity index (χ1v) is 12.0. The van der Waals surface area contributed by atoms with Gasteiger partial charge in [0.25, 0.3) is 5.91 Å². The van der Waals surface area contributed by atoms with Gasteiger partial charge in [0.1, 0.15) is 11.4 Å². The number of benzene rings is 1. The molecule has 0 spiro atoms. The topological polar surface area (TPSA) is 114 Å². The van der Waals surface area contributed by atoms with Crippen LogP contribution in [0.25, 0.3) is 5.65 Å². The average Bonchev–Trinajstić information content (AvgIpc) is 3.25. The second-order valence-corrected chi connectivity index (χ2v) is 9.80. The molecule has 1 aliphatic rings. The van der Waals surface area contributed by atoms with Gasteiger partial charge in [-0.05, 0) is 70.2 Å². The second-order valence-electron chi connectivity index (χ2n) is 9.80. The van der Waals surface area contributed by atoms with E-state index in [2.05, 4.69) is 25.7 Å². The zero-order valence-corrected chi connectivity index (χ0v) is 20.7. The molecule has 0 saturated carbocycles. The van der Waals surface area contributed by atoms with Crippen molar-refractivity contribution in [3.63, 3.8) is 0 Å². The van der Waals surface area contributed by atoms with Gasteiger partial charge in [-0.2, -0.15) is 9.50 Å². The van der Waals surface area contributed by atoms with Gasteiger partial charge in [-0.1, -0.05) is 0 Å². The Hall–Kier alpha value is -3.69. The molecule has 2 N–H and O–H groups in total. The summed E-state index contributed by atoms with van der Waals surface area (Å²) in [5, 5.41) is 10.4. The van der Waals surface area contributed by atoms with Crippen molar-refractivity contribution in [3.8, 4) is 0 Å². The van der Waals surface area contributed by atoms with E-state index in [1.165, 1.54) is 0 Å². The number of nitrogens with zero attached hydrogens (tertiary/aromatic N) is 5. The molecule has 2 amide bonds. The van der Waals surface area contributed by atoms with Crippen LogP contribution in [-0.2, 0) is 11.2 Å². The van der Waals surface area contributed by atoms with Crippen molar-refractivity contribution in [1.82, 2.24) is 29.8 Å². The summed E-state index contributed by atoms with van der Waals surface area (Å²) in [7, 11) is 1.60. The van der Waals surface area contributed by atoms with E-state index in [1.54, 1.807) is 34.8 Å². The monoisotopic (exact) mass is 479 g/mol. The average molecular weight is 480 g/mol. The van der Waals surface area contributed by atoms with E-state index in [9.17, 15) is 9.59 Å². The van der Waals surface area contributed by atoms with Crippen LogP contribution in [0.5, 0.6) is 0 Å². The van der Waals surface area contributed by atoms with Gasteiger partial charge in [-0.15, -0.1) is 5.10 Å². The minimum absolute atomic E-state index is 0.131. The number of rotatable bonds is 6. The number of ether oxygens (including phenoxy) is 1. The molecule has 186 valence electrons. The van der Waals surface area contributed by atoms with Gasteiger partial charge in [0.2, 0.25) is 5.95 Å². The first-order valence-electron chi connectivity index (χ1n) is 12.0. The number of aromatic nitrogens is 4.